The fraction of sp³-hybridized carbons (Fsp3) is 0.0952. The number of fused-ring (bicyclic) bond motifs is 1. The summed E-state index contributed by atoms with van der Waals surface area (Å²) in [4.78, 5) is 7.26. The Balaban J connectivity index is 1.95. The van der Waals surface area contributed by atoms with Gasteiger partial charge in [0.1, 0.15) is 6.17 Å². The Morgan fingerprint density at radius 3 is 2.25 bits per heavy atom. The van der Waals surface area contributed by atoms with Gasteiger partial charge in [-0.05, 0) is 29.3 Å². The first-order valence-corrected chi connectivity index (χ1v) is 8.74. The maximum absolute atomic E-state index is 4.99. The van der Waals surface area contributed by atoms with Crippen molar-refractivity contribution in [2.45, 2.75) is 6.17 Å². The van der Waals surface area contributed by atoms with Gasteiger partial charge in [0.25, 0.3) is 0 Å². The smallest absolute Gasteiger partial charge is 0.147 e. The van der Waals surface area contributed by atoms with E-state index in [1.807, 2.05) is 0 Å². The molecule has 3 aromatic carbocycles. The van der Waals surface area contributed by atoms with Crippen LogP contribution in [0.5, 0.6) is 0 Å². The Kier molecular flexibility index (Phi) is 3.95. The van der Waals surface area contributed by atoms with E-state index in [-0.39, 0.29) is 6.17 Å². The minimum atomic E-state index is -0.0248. The Morgan fingerprint density at radius 2 is 1.50 bits per heavy atom. The van der Waals surface area contributed by atoms with Gasteiger partial charge in [-0.1, -0.05) is 76.6 Å². The summed E-state index contributed by atoms with van der Waals surface area (Å²) in [5, 5.41) is 2.22. The van der Waals surface area contributed by atoms with Gasteiger partial charge in [0.2, 0.25) is 0 Å². The zero-order chi connectivity index (χ0) is 16.5. The van der Waals surface area contributed by atoms with Crippen LogP contribution in [0, 0.1) is 0 Å². The highest BCUT2D eigenvalue weighted by atomic mass is 79.9. The molecule has 0 saturated carbocycles. The van der Waals surface area contributed by atoms with Crippen molar-refractivity contribution in [2.24, 2.45) is 4.99 Å². The first-order valence-electron chi connectivity index (χ1n) is 7.95. The van der Waals surface area contributed by atoms with Gasteiger partial charge in [0.05, 0.1) is 11.1 Å². The van der Waals surface area contributed by atoms with E-state index in [1.54, 1.807) is 0 Å². The van der Waals surface area contributed by atoms with Crippen LogP contribution >= 0.6 is 15.9 Å². The van der Waals surface area contributed by atoms with E-state index in [1.165, 1.54) is 22.0 Å². The molecule has 0 aliphatic carbocycles. The highest BCUT2D eigenvalue weighted by molar-refractivity contribution is 9.10. The quantitative estimate of drug-likeness (QED) is 0.662. The Bertz CT molecular complexity index is 978. The van der Waals surface area contributed by atoms with Gasteiger partial charge in [-0.25, -0.2) is 0 Å². The van der Waals surface area contributed by atoms with Gasteiger partial charge < -0.3 is 4.90 Å². The Labute approximate surface area is 149 Å². The summed E-state index contributed by atoms with van der Waals surface area (Å²) in [5.41, 5.74) is 3.61. The lowest BCUT2D eigenvalue weighted by atomic mass is 10.0. The minimum absolute atomic E-state index is 0.0248. The van der Waals surface area contributed by atoms with E-state index in [9.17, 15) is 0 Å². The van der Waals surface area contributed by atoms with E-state index in [2.05, 4.69) is 107 Å². The normalized spacial score (nSPS) is 16.5. The lowest BCUT2D eigenvalue weighted by molar-refractivity contribution is 0.351. The molecule has 1 atom stereocenters. The third-order valence-corrected chi connectivity index (χ3v) is 4.88. The van der Waals surface area contributed by atoms with E-state index in [0.717, 1.165) is 9.83 Å². The molecule has 0 fully saturated rings. The maximum Gasteiger partial charge on any atom is 0.147 e. The molecule has 118 valence electrons. The molecule has 1 aliphatic heterocycles. The molecule has 0 bridgehead atoms. The molecule has 0 aromatic heterocycles. The Morgan fingerprint density at radius 1 is 0.833 bits per heavy atom. The number of rotatable bonds is 2. The topological polar surface area (TPSA) is 15.6 Å². The molecule has 3 aromatic rings. The number of benzene rings is 3. The second-order valence-electron chi connectivity index (χ2n) is 5.90. The summed E-state index contributed by atoms with van der Waals surface area (Å²) in [5.74, 6) is 0. The SMILES string of the molecule is CN1C(c2ccccc2)=c2ccccc2=NC1c1ccc(Br)cc1. The lowest BCUT2D eigenvalue weighted by Gasteiger charge is -2.32. The zero-order valence-electron chi connectivity index (χ0n) is 13.4. The molecule has 1 heterocycles. The number of nitrogens with zero attached hydrogens (tertiary/aromatic N) is 2. The van der Waals surface area contributed by atoms with E-state index < -0.39 is 0 Å². The van der Waals surface area contributed by atoms with Crippen molar-refractivity contribution < 1.29 is 0 Å². The molecule has 2 nitrogen and oxygen atoms in total. The molecule has 0 amide bonds. The summed E-state index contributed by atoms with van der Waals surface area (Å²) in [7, 11) is 2.12. The van der Waals surface area contributed by atoms with Crippen molar-refractivity contribution >= 4 is 21.6 Å². The summed E-state index contributed by atoms with van der Waals surface area (Å²) >= 11 is 3.51. The first kappa shape index (κ1) is 15.2. The summed E-state index contributed by atoms with van der Waals surface area (Å²) in [6.45, 7) is 0. The first-order chi connectivity index (χ1) is 11.7. The van der Waals surface area contributed by atoms with Crippen LogP contribution in [0.4, 0.5) is 0 Å². The molecular formula is C21H17BrN2. The van der Waals surface area contributed by atoms with Crippen molar-refractivity contribution in [1.82, 2.24) is 4.90 Å². The number of hydrogen-bond acceptors (Lipinski definition) is 2. The zero-order valence-corrected chi connectivity index (χ0v) is 14.9. The van der Waals surface area contributed by atoms with Crippen LogP contribution in [0.25, 0.3) is 5.70 Å². The van der Waals surface area contributed by atoms with E-state index in [0.29, 0.717) is 0 Å². The lowest BCUT2D eigenvalue weighted by Crippen LogP contribution is -2.40. The van der Waals surface area contributed by atoms with Gasteiger partial charge in [0, 0.05) is 16.7 Å². The highest BCUT2D eigenvalue weighted by Gasteiger charge is 2.23. The van der Waals surface area contributed by atoms with E-state index in [4.69, 9.17) is 4.99 Å². The third-order valence-electron chi connectivity index (χ3n) is 4.36. The number of para-hydroxylation sites is 1. The van der Waals surface area contributed by atoms with Gasteiger partial charge in [-0.3, -0.25) is 4.99 Å². The average Bonchev–Trinajstić information content (AvgIpc) is 2.63. The molecule has 0 radical (unpaired) electrons. The van der Waals surface area contributed by atoms with Gasteiger partial charge >= 0.3 is 0 Å². The van der Waals surface area contributed by atoms with Gasteiger partial charge in [0.15, 0.2) is 0 Å². The largest absolute Gasteiger partial charge is 0.348 e. The number of hydrogen-bond donors (Lipinski definition) is 0. The second-order valence-corrected chi connectivity index (χ2v) is 6.81. The van der Waals surface area contributed by atoms with Crippen LogP contribution in [-0.2, 0) is 0 Å². The van der Waals surface area contributed by atoms with Crippen LogP contribution in [-0.4, -0.2) is 11.9 Å². The monoisotopic (exact) mass is 376 g/mol. The van der Waals surface area contributed by atoms with Crippen molar-refractivity contribution in [3.8, 4) is 0 Å². The molecule has 3 heteroatoms. The predicted molar refractivity (Wildman–Crippen MR) is 101 cm³/mol. The Hall–Kier alpha value is -2.39. The third kappa shape index (κ3) is 2.65. The van der Waals surface area contributed by atoms with Crippen LogP contribution in [0.2, 0.25) is 0 Å². The summed E-state index contributed by atoms with van der Waals surface area (Å²) in [6, 6.07) is 27.3. The summed E-state index contributed by atoms with van der Waals surface area (Å²) < 4.78 is 1.08. The van der Waals surface area contributed by atoms with Crippen molar-refractivity contribution in [1.29, 1.82) is 0 Å². The molecule has 4 rings (SSSR count). The maximum atomic E-state index is 4.99. The van der Waals surface area contributed by atoms with Crippen LogP contribution in [0.3, 0.4) is 0 Å². The molecule has 0 saturated heterocycles. The molecule has 0 spiro atoms. The predicted octanol–water partition coefficient (Wildman–Crippen LogP) is 3.87. The standard InChI is InChI=1S/C21H17BrN2/c1-24-20(15-7-3-2-4-8-15)18-9-5-6-10-19(18)23-21(24)16-11-13-17(22)14-12-16/h2-14,21H,1H3. The van der Waals surface area contributed by atoms with Crippen LogP contribution in [0.15, 0.2) is 88.3 Å². The average molecular weight is 377 g/mol. The van der Waals surface area contributed by atoms with Gasteiger partial charge in [-0.2, -0.15) is 0 Å². The fourth-order valence-electron chi connectivity index (χ4n) is 3.21. The summed E-state index contributed by atoms with van der Waals surface area (Å²) in [6.07, 6.45) is -0.0248. The van der Waals surface area contributed by atoms with Crippen LogP contribution in [0.1, 0.15) is 17.3 Å². The molecule has 1 unspecified atom stereocenters. The minimum Gasteiger partial charge on any atom is -0.348 e. The molecule has 1 aliphatic rings. The molecular weight excluding hydrogens is 360 g/mol. The van der Waals surface area contributed by atoms with Crippen molar-refractivity contribution in [3.63, 3.8) is 0 Å². The van der Waals surface area contributed by atoms with Gasteiger partial charge in [-0.15, -0.1) is 0 Å². The van der Waals surface area contributed by atoms with Crippen molar-refractivity contribution in [3.05, 3.63) is 105 Å². The number of halogens is 1. The second kappa shape index (κ2) is 6.25. The highest BCUT2D eigenvalue weighted by Crippen LogP contribution is 2.29. The fourth-order valence-corrected chi connectivity index (χ4v) is 3.47. The molecule has 0 N–H and O–H groups in total. The molecule has 24 heavy (non-hydrogen) atoms. The van der Waals surface area contributed by atoms with Crippen LogP contribution < -0.4 is 10.6 Å². The van der Waals surface area contributed by atoms with Crippen molar-refractivity contribution in [2.75, 3.05) is 7.05 Å². The van der Waals surface area contributed by atoms with E-state index >= 15 is 0 Å².